The maximum absolute atomic E-state index is 12.5. The molecule has 19 heavy (non-hydrogen) atoms. The minimum Gasteiger partial charge on any atom is -0.399 e. The molecule has 0 aliphatic heterocycles. The van der Waals surface area contributed by atoms with Gasteiger partial charge in [-0.1, -0.05) is 12.2 Å². The Balaban J connectivity index is 2.52. The Labute approximate surface area is 112 Å². The molecule has 0 fully saturated rings. The monoisotopic (exact) mass is 279 g/mol. The van der Waals surface area contributed by atoms with Gasteiger partial charge in [-0.2, -0.15) is 4.31 Å². The second-order valence-corrected chi connectivity index (χ2v) is 6.69. The number of nitrogen functional groups attached to an aromatic ring is 1. The summed E-state index contributed by atoms with van der Waals surface area (Å²) in [4.78, 5) is 3.19. The number of H-pyrrole nitrogens is 1. The second-order valence-electron chi connectivity index (χ2n) is 4.68. The molecular formula is C13H17N3O2S. The van der Waals surface area contributed by atoms with Gasteiger partial charge in [0.25, 0.3) is 0 Å². The molecule has 0 radical (unpaired) electrons. The Morgan fingerprint density at radius 3 is 2.79 bits per heavy atom. The minimum absolute atomic E-state index is 0.256. The average molecular weight is 279 g/mol. The summed E-state index contributed by atoms with van der Waals surface area (Å²) in [6, 6.07) is 5.11. The lowest BCUT2D eigenvalue weighted by Gasteiger charge is -2.16. The van der Waals surface area contributed by atoms with E-state index in [-0.39, 0.29) is 4.90 Å². The molecule has 0 amide bonds. The quantitative estimate of drug-likeness (QED) is 0.663. The molecule has 0 atom stereocenters. The molecule has 0 unspecified atom stereocenters. The molecule has 0 saturated heterocycles. The van der Waals surface area contributed by atoms with Crippen LogP contribution < -0.4 is 5.73 Å². The van der Waals surface area contributed by atoms with Crippen LogP contribution in [0.5, 0.6) is 0 Å². The van der Waals surface area contributed by atoms with Crippen LogP contribution in [-0.4, -0.2) is 31.3 Å². The molecule has 5 nitrogen and oxygen atoms in total. The summed E-state index contributed by atoms with van der Waals surface area (Å²) in [5.41, 5.74) is 7.77. The van der Waals surface area contributed by atoms with Crippen molar-refractivity contribution in [3.05, 3.63) is 36.5 Å². The first-order valence-electron chi connectivity index (χ1n) is 5.79. The number of nitrogens with two attached hydrogens (primary N) is 1. The Kier molecular flexibility index (Phi) is 3.38. The van der Waals surface area contributed by atoms with Gasteiger partial charge in [0.2, 0.25) is 10.0 Å². The maximum atomic E-state index is 12.5. The normalized spacial score (nSPS) is 12.2. The van der Waals surface area contributed by atoms with E-state index in [1.165, 1.54) is 10.5 Å². The molecule has 0 bridgehead atoms. The number of fused-ring (bicyclic) bond motifs is 1. The van der Waals surface area contributed by atoms with E-state index in [2.05, 4.69) is 11.6 Å². The second kappa shape index (κ2) is 4.71. The average Bonchev–Trinajstić information content (AvgIpc) is 2.71. The molecule has 102 valence electrons. The van der Waals surface area contributed by atoms with Crippen molar-refractivity contribution in [3.8, 4) is 0 Å². The van der Waals surface area contributed by atoms with Gasteiger partial charge in [0.15, 0.2) is 0 Å². The van der Waals surface area contributed by atoms with Gasteiger partial charge < -0.3 is 10.7 Å². The number of aromatic amines is 1. The molecule has 2 aromatic rings. The van der Waals surface area contributed by atoms with Crippen LogP contribution in [0.15, 0.2) is 41.4 Å². The molecule has 6 heteroatoms. The Morgan fingerprint density at radius 1 is 1.47 bits per heavy atom. The van der Waals surface area contributed by atoms with Crippen LogP contribution >= 0.6 is 0 Å². The lowest BCUT2D eigenvalue weighted by atomic mass is 10.2. The van der Waals surface area contributed by atoms with Crippen LogP contribution in [-0.2, 0) is 10.0 Å². The van der Waals surface area contributed by atoms with Gasteiger partial charge in [0.1, 0.15) is 4.90 Å². The van der Waals surface area contributed by atoms with Crippen molar-refractivity contribution in [2.24, 2.45) is 0 Å². The van der Waals surface area contributed by atoms with E-state index >= 15 is 0 Å². The van der Waals surface area contributed by atoms with Crippen molar-refractivity contribution in [2.45, 2.75) is 11.8 Å². The fourth-order valence-electron chi connectivity index (χ4n) is 1.96. The van der Waals surface area contributed by atoms with Gasteiger partial charge in [0, 0.05) is 36.4 Å². The zero-order valence-electron chi connectivity index (χ0n) is 11.0. The fraction of sp³-hybridized carbons (Fsp3) is 0.231. The van der Waals surface area contributed by atoms with Gasteiger partial charge >= 0.3 is 0 Å². The molecule has 2 rings (SSSR count). The van der Waals surface area contributed by atoms with E-state index < -0.39 is 10.0 Å². The third-order valence-corrected chi connectivity index (χ3v) is 4.69. The molecule has 0 aliphatic rings. The largest absolute Gasteiger partial charge is 0.399 e. The SMILES string of the molecule is C=C(C)CN(C)S(=O)(=O)c1c[nH]c2cc(N)ccc12. The highest BCUT2D eigenvalue weighted by Gasteiger charge is 2.24. The number of hydrogen-bond acceptors (Lipinski definition) is 3. The molecule has 0 saturated carbocycles. The van der Waals surface area contributed by atoms with E-state index in [1.807, 2.05) is 0 Å². The zero-order valence-corrected chi connectivity index (χ0v) is 11.8. The van der Waals surface area contributed by atoms with Crippen molar-refractivity contribution >= 4 is 26.6 Å². The van der Waals surface area contributed by atoms with Crippen molar-refractivity contribution in [1.29, 1.82) is 0 Å². The topological polar surface area (TPSA) is 79.2 Å². The van der Waals surface area contributed by atoms with Gasteiger partial charge in [-0.15, -0.1) is 0 Å². The first kappa shape index (κ1) is 13.6. The molecule has 3 N–H and O–H groups in total. The molecule has 1 heterocycles. The van der Waals surface area contributed by atoms with E-state index in [9.17, 15) is 8.42 Å². The van der Waals surface area contributed by atoms with Crippen molar-refractivity contribution < 1.29 is 8.42 Å². The fourth-order valence-corrected chi connectivity index (χ4v) is 3.35. The van der Waals surface area contributed by atoms with Crippen molar-refractivity contribution in [3.63, 3.8) is 0 Å². The Bertz CT molecular complexity index is 731. The third kappa shape index (κ3) is 2.50. The highest BCUT2D eigenvalue weighted by molar-refractivity contribution is 7.89. The predicted octanol–water partition coefficient (Wildman–Crippen LogP) is 1.95. The smallest absolute Gasteiger partial charge is 0.245 e. The van der Waals surface area contributed by atoms with Crippen LogP contribution in [0, 0.1) is 0 Å². The lowest BCUT2D eigenvalue weighted by Crippen LogP contribution is -2.28. The molecule has 0 aliphatic carbocycles. The third-order valence-electron chi connectivity index (χ3n) is 2.85. The molecule has 1 aromatic carbocycles. The maximum Gasteiger partial charge on any atom is 0.245 e. The summed E-state index contributed by atoms with van der Waals surface area (Å²) in [7, 11) is -1.99. The van der Waals surface area contributed by atoms with Crippen LogP contribution in [0.3, 0.4) is 0 Å². The summed E-state index contributed by atoms with van der Waals surface area (Å²) >= 11 is 0. The number of rotatable bonds is 4. The predicted molar refractivity (Wildman–Crippen MR) is 77.3 cm³/mol. The highest BCUT2D eigenvalue weighted by atomic mass is 32.2. The first-order chi connectivity index (χ1) is 8.82. The number of hydrogen-bond donors (Lipinski definition) is 2. The van der Waals surface area contributed by atoms with Gasteiger partial charge in [-0.05, 0) is 25.1 Å². The van der Waals surface area contributed by atoms with Crippen LogP contribution in [0.25, 0.3) is 10.9 Å². The van der Waals surface area contributed by atoms with Crippen LogP contribution in [0.4, 0.5) is 5.69 Å². The van der Waals surface area contributed by atoms with E-state index in [4.69, 9.17) is 5.73 Å². The van der Waals surface area contributed by atoms with E-state index in [0.29, 0.717) is 23.1 Å². The highest BCUT2D eigenvalue weighted by Crippen LogP contribution is 2.26. The zero-order chi connectivity index (χ0) is 14.2. The van der Waals surface area contributed by atoms with Crippen molar-refractivity contribution in [2.75, 3.05) is 19.3 Å². The van der Waals surface area contributed by atoms with Crippen LogP contribution in [0.1, 0.15) is 6.92 Å². The number of sulfonamides is 1. The van der Waals surface area contributed by atoms with Crippen LogP contribution in [0.2, 0.25) is 0 Å². The van der Waals surface area contributed by atoms with Crippen molar-refractivity contribution in [1.82, 2.24) is 9.29 Å². The Morgan fingerprint density at radius 2 is 2.16 bits per heavy atom. The number of benzene rings is 1. The summed E-state index contributed by atoms with van der Waals surface area (Å²) in [5, 5.41) is 0.641. The summed E-state index contributed by atoms with van der Waals surface area (Å²) in [6.45, 7) is 5.82. The molecular weight excluding hydrogens is 262 g/mol. The summed E-state index contributed by atoms with van der Waals surface area (Å²) in [6.07, 6.45) is 1.49. The van der Waals surface area contributed by atoms with E-state index in [0.717, 1.165) is 5.57 Å². The number of anilines is 1. The summed E-state index contributed by atoms with van der Waals surface area (Å²) < 4.78 is 26.2. The minimum atomic E-state index is -3.53. The molecule has 0 spiro atoms. The standard InChI is InChI=1S/C13H17N3O2S/c1-9(2)8-16(3)19(17,18)13-7-15-12-6-10(14)4-5-11(12)13/h4-7,15H,1,8,14H2,2-3H3. The summed E-state index contributed by atoms with van der Waals surface area (Å²) in [5.74, 6) is 0. The number of aromatic nitrogens is 1. The number of nitrogens with one attached hydrogen (secondary N) is 1. The van der Waals surface area contributed by atoms with Gasteiger partial charge in [0.05, 0.1) is 0 Å². The van der Waals surface area contributed by atoms with E-state index in [1.54, 1.807) is 32.2 Å². The first-order valence-corrected chi connectivity index (χ1v) is 7.23. The molecule has 1 aromatic heterocycles. The van der Waals surface area contributed by atoms with Gasteiger partial charge in [-0.25, -0.2) is 8.42 Å². The number of likely N-dealkylation sites (N-methyl/N-ethyl adjacent to an activating group) is 1. The lowest BCUT2D eigenvalue weighted by molar-refractivity contribution is 0.494. The Hall–Kier alpha value is -1.79. The number of nitrogens with zero attached hydrogens (tertiary/aromatic N) is 1. The van der Waals surface area contributed by atoms with Gasteiger partial charge in [-0.3, -0.25) is 0 Å².